The molecule has 17 heavy (non-hydrogen) atoms. The van der Waals surface area contributed by atoms with Gasteiger partial charge in [-0.3, -0.25) is 19.7 Å². The second kappa shape index (κ2) is 3.85. The molecule has 1 N–H and O–H groups in total. The molecule has 7 heteroatoms. The van der Waals surface area contributed by atoms with Gasteiger partial charge >= 0.3 is 0 Å². The van der Waals surface area contributed by atoms with E-state index in [4.69, 9.17) is 0 Å². The minimum absolute atomic E-state index is 0.00458. The Morgan fingerprint density at radius 2 is 2.06 bits per heavy atom. The van der Waals surface area contributed by atoms with Gasteiger partial charge in [0.15, 0.2) is 5.78 Å². The van der Waals surface area contributed by atoms with Gasteiger partial charge < -0.3 is 10.0 Å². The van der Waals surface area contributed by atoms with Gasteiger partial charge in [-0.25, -0.2) is 0 Å². The van der Waals surface area contributed by atoms with Crippen molar-refractivity contribution < 1.29 is 19.6 Å². The van der Waals surface area contributed by atoms with Crippen molar-refractivity contribution in [2.75, 3.05) is 11.4 Å². The third-order valence-corrected chi connectivity index (χ3v) is 2.44. The fourth-order valence-electron chi connectivity index (χ4n) is 1.65. The zero-order valence-corrected chi connectivity index (χ0v) is 8.62. The van der Waals surface area contributed by atoms with Crippen molar-refractivity contribution in [3.05, 3.63) is 28.3 Å². The third-order valence-electron chi connectivity index (χ3n) is 2.44. The summed E-state index contributed by atoms with van der Waals surface area (Å²) in [5, 5.41) is 20.1. The molecule has 2 rings (SSSR count). The number of carbonyl (C=O) groups is 2. The number of nitrogens with zero attached hydrogens (tertiary/aromatic N) is 2. The maximum Gasteiger partial charge on any atom is 0.271 e. The highest BCUT2D eigenvalue weighted by molar-refractivity contribution is 6.15. The maximum atomic E-state index is 11.4. The number of nitro benzene ring substituents is 1. The Kier molecular flexibility index (Phi) is 2.51. The fourth-order valence-corrected chi connectivity index (χ4v) is 1.65. The van der Waals surface area contributed by atoms with E-state index in [2.05, 4.69) is 0 Å². The normalized spacial score (nSPS) is 15.4. The van der Waals surface area contributed by atoms with Crippen LogP contribution in [0, 0.1) is 10.1 Å². The minimum Gasteiger partial charge on any atom is -0.506 e. The van der Waals surface area contributed by atoms with Gasteiger partial charge in [0, 0.05) is 12.1 Å². The summed E-state index contributed by atoms with van der Waals surface area (Å²) in [6.45, 7) is -0.159. The van der Waals surface area contributed by atoms with Crippen LogP contribution in [-0.4, -0.2) is 28.3 Å². The van der Waals surface area contributed by atoms with Gasteiger partial charge in [-0.2, -0.15) is 0 Å². The Bertz CT molecular complexity index is 525. The maximum absolute atomic E-state index is 11.4. The topological polar surface area (TPSA) is 101 Å². The predicted molar refractivity (Wildman–Crippen MR) is 56.7 cm³/mol. The highest BCUT2D eigenvalue weighted by Gasteiger charge is 2.31. The van der Waals surface area contributed by atoms with Gasteiger partial charge in [0.25, 0.3) is 5.69 Å². The van der Waals surface area contributed by atoms with E-state index in [9.17, 15) is 24.8 Å². The van der Waals surface area contributed by atoms with E-state index < -0.39 is 10.8 Å². The molecule has 1 amide bonds. The van der Waals surface area contributed by atoms with Crippen LogP contribution in [-0.2, 0) is 9.59 Å². The molecular weight excluding hydrogens is 228 g/mol. The van der Waals surface area contributed by atoms with Crippen LogP contribution in [0.5, 0.6) is 5.75 Å². The van der Waals surface area contributed by atoms with Crippen LogP contribution >= 0.6 is 0 Å². The molecule has 0 bridgehead atoms. The van der Waals surface area contributed by atoms with E-state index in [0.29, 0.717) is 0 Å². The number of aromatic hydroxyl groups is 1. The van der Waals surface area contributed by atoms with Crippen molar-refractivity contribution in [3.8, 4) is 5.75 Å². The first-order chi connectivity index (χ1) is 7.99. The first-order valence-electron chi connectivity index (χ1n) is 4.78. The average Bonchev–Trinajstić information content (AvgIpc) is 2.58. The SMILES string of the molecule is O=C1CC(=O)N(c2cc([N+](=O)[O-])ccc2O)C1. The third kappa shape index (κ3) is 1.94. The van der Waals surface area contributed by atoms with Gasteiger partial charge in [0.2, 0.25) is 5.91 Å². The summed E-state index contributed by atoms with van der Waals surface area (Å²) in [7, 11) is 0. The molecule has 0 radical (unpaired) electrons. The number of ketones is 1. The molecule has 1 aliphatic rings. The highest BCUT2D eigenvalue weighted by Crippen LogP contribution is 2.33. The molecule has 0 spiro atoms. The van der Waals surface area contributed by atoms with Gasteiger partial charge in [0.1, 0.15) is 5.75 Å². The molecule has 0 atom stereocenters. The van der Waals surface area contributed by atoms with Gasteiger partial charge in [-0.1, -0.05) is 0 Å². The molecule has 1 saturated heterocycles. The smallest absolute Gasteiger partial charge is 0.271 e. The molecule has 1 aromatic carbocycles. The Labute approximate surface area is 95.4 Å². The monoisotopic (exact) mass is 236 g/mol. The molecule has 1 aliphatic heterocycles. The summed E-state index contributed by atoms with van der Waals surface area (Å²) in [5.41, 5.74) is -0.250. The Morgan fingerprint density at radius 3 is 2.59 bits per heavy atom. The van der Waals surface area contributed by atoms with E-state index in [1.165, 1.54) is 0 Å². The molecular formula is C10H8N2O5. The largest absolute Gasteiger partial charge is 0.506 e. The van der Waals surface area contributed by atoms with Crippen LogP contribution in [0.1, 0.15) is 6.42 Å². The molecule has 0 saturated carbocycles. The van der Waals surface area contributed by atoms with E-state index >= 15 is 0 Å². The molecule has 0 aromatic heterocycles. The van der Waals surface area contributed by atoms with Crippen molar-refractivity contribution >= 4 is 23.1 Å². The van der Waals surface area contributed by atoms with Crippen molar-refractivity contribution in [1.29, 1.82) is 0 Å². The number of nitro groups is 1. The number of non-ortho nitro benzene ring substituents is 1. The standard InChI is InChI=1S/C10H8N2O5/c13-7-4-10(15)11(5-7)8-3-6(12(16)17)1-2-9(8)14/h1-3,14H,4-5H2. The number of amides is 1. The summed E-state index contributed by atoms with van der Waals surface area (Å²) in [5.74, 6) is -1.01. The number of Topliss-reactive ketones (excluding diaryl/α,β-unsaturated/α-hetero) is 1. The highest BCUT2D eigenvalue weighted by atomic mass is 16.6. The van der Waals surface area contributed by atoms with Crippen molar-refractivity contribution in [2.24, 2.45) is 0 Å². The van der Waals surface area contributed by atoms with Gasteiger partial charge in [-0.05, 0) is 6.07 Å². The number of benzene rings is 1. The summed E-state index contributed by atoms with van der Waals surface area (Å²) in [6, 6.07) is 3.33. The minimum atomic E-state index is -0.634. The summed E-state index contributed by atoms with van der Waals surface area (Å²) in [4.78, 5) is 33.5. The van der Waals surface area contributed by atoms with E-state index in [1.54, 1.807) is 0 Å². The number of rotatable bonds is 2. The quantitative estimate of drug-likeness (QED) is 0.460. The summed E-state index contributed by atoms with van der Waals surface area (Å²) < 4.78 is 0. The summed E-state index contributed by atoms with van der Waals surface area (Å²) in [6.07, 6.45) is -0.234. The number of hydrogen-bond donors (Lipinski definition) is 1. The lowest BCUT2D eigenvalue weighted by Crippen LogP contribution is -2.24. The molecule has 88 valence electrons. The molecule has 7 nitrogen and oxygen atoms in total. The lowest BCUT2D eigenvalue weighted by atomic mass is 10.2. The van der Waals surface area contributed by atoms with Gasteiger partial charge in [-0.15, -0.1) is 0 Å². The molecule has 1 heterocycles. The average molecular weight is 236 g/mol. The van der Waals surface area contributed by atoms with Crippen molar-refractivity contribution in [3.63, 3.8) is 0 Å². The lowest BCUT2D eigenvalue weighted by Gasteiger charge is -2.15. The van der Waals surface area contributed by atoms with E-state index in [1.807, 2.05) is 0 Å². The molecule has 0 aliphatic carbocycles. The fraction of sp³-hybridized carbons (Fsp3) is 0.200. The second-order valence-corrected chi connectivity index (χ2v) is 3.63. The molecule has 1 fully saturated rings. The summed E-state index contributed by atoms with van der Waals surface area (Å²) >= 11 is 0. The van der Waals surface area contributed by atoms with E-state index in [-0.39, 0.29) is 35.9 Å². The molecule has 1 aromatic rings. The number of phenolic OH excluding ortho intramolecular Hbond substituents is 1. The van der Waals surface area contributed by atoms with Crippen molar-refractivity contribution in [2.45, 2.75) is 6.42 Å². The number of carbonyl (C=O) groups excluding carboxylic acids is 2. The van der Waals surface area contributed by atoms with Crippen LogP contribution in [0.25, 0.3) is 0 Å². The Balaban J connectivity index is 2.44. The first kappa shape index (κ1) is 11.1. The van der Waals surface area contributed by atoms with Crippen LogP contribution < -0.4 is 4.90 Å². The van der Waals surface area contributed by atoms with Gasteiger partial charge in [0.05, 0.1) is 23.6 Å². The number of hydrogen-bond acceptors (Lipinski definition) is 5. The van der Waals surface area contributed by atoms with E-state index in [0.717, 1.165) is 23.1 Å². The zero-order chi connectivity index (χ0) is 12.6. The van der Waals surface area contributed by atoms with Crippen LogP contribution in [0.3, 0.4) is 0 Å². The zero-order valence-electron chi connectivity index (χ0n) is 8.62. The Morgan fingerprint density at radius 1 is 1.35 bits per heavy atom. The first-order valence-corrected chi connectivity index (χ1v) is 4.78. The number of phenols is 1. The predicted octanol–water partition coefficient (Wildman–Crippen LogP) is 0.606. The number of anilines is 1. The second-order valence-electron chi connectivity index (χ2n) is 3.63. The van der Waals surface area contributed by atoms with Crippen LogP contribution in [0.2, 0.25) is 0 Å². The lowest BCUT2D eigenvalue weighted by molar-refractivity contribution is -0.384. The molecule has 0 unspecified atom stereocenters. The Hall–Kier alpha value is -2.44. The van der Waals surface area contributed by atoms with Crippen LogP contribution in [0.4, 0.5) is 11.4 Å². The van der Waals surface area contributed by atoms with Crippen LogP contribution in [0.15, 0.2) is 18.2 Å². The van der Waals surface area contributed by atoms with Crippen molar-refractivity contribution in [1.82, 2.24) is 0 Å².